The number of benzene rings is 2. The zero-order valence-corrected chi connectivity index (χ0v) is 18.7. The summed E-state index contributed by atoms with van der Waals surface area (Å²) in [5.41, 5.74) is 0. The molecule has 2 rings (SSSR count). The first-order valence-electron chi connectivity index (χ1n) is 10.7. The third-order valence-electron chi connectivity index (χ3n) is 4.60. The van der Waals surface area contributed by atoms with E-state index in [2.05, 4.69) is 10.6 Å². The van der Waals surface area contributed by atoms with Crippen LogP contribution in [0.1, 0.15) is 25.7 Å². The molecule has 0 unspecified atom stereocenters. The second kappa shape index (κ2) is 14.6. The van der Waals surface area contributed by atoms with Crippen molar-refractivity contribution in [3.63, 3.8) is 0 Å². The highest BCUT2D eigenvalue weighted by atomic mass is 16.5. The zero-order valence-electron chi connectivity index (χ0n) is 18.7. The summed E-state index contributed by atoms with van der Waals surface area (Å²) in [5.74, 6) is 1.94. The Bertz CT molecular complexity index is 773. The van der Waals surface area contributed by atoms with E-state index in [1.807, 2.05) is 24.3 Å². The molecule has 32 heavy (non-hydrogen) atoms. The van der Waals surface area contributed by atoms with Crippen LogP contribution in [0, 0.1) is 0 Å². The van der Waals surface area contributed by atoms with Gasteiger partial charge in [0.2, 0.25) is 0 Å². The van der Waals surface area contributed by atoms with Gasteiger partial charge < -0.3 is 29.6 Å². The Morgan fingerprint density at radius 2 is 1.00 bits per heavy atom. The number of methoxy groups -OCH3 is 2. The summed E-state index contributed by atoms with van der Waals surface area (Å²) in [6.07, 6.45) is 3.65. The number of carbonyl (C=O) groups is 2. The molecule has 0 aromatic heterocycles. The number of ether oxygens (including phenoxy) is 4. The molecule has 8 nitrogen and oxygen atoms in total. The summed E-state index contributed by atoms with van der Waals surface area (Å²) in [7, 11) is 3.12. The Morgan fingerprint density at radius 1 is 0.625 bits per heavy atom. The molecule has 0 aliphatic rings. The number of nitrogens with one attached hydrogen (secondary N) is 2. The van der Waals surface area contributed by atoms with E-state index in [1.165, 1.54) is 0 Å². The quantitative estimate of drug-likeness (QED) is 0.410. The molecule has 0 saturated heterocycles. The minimum Gasteiger partial charge on any atom is -0.493 e. The highest BCUT2D eigenvalue weighted by molar-refractivity contribution is 5.78. The molecule has 2 amide bonds. The molecular weight excluding hydrogens is 412 g/mol. The lowest BCUT2D eigenvalue weighted by atomic mass is 10.2. The minimum absolute atomic E-state index is 0.0523. The van der Waals surface area contributed by atoms with E-state index in [-0.39, 0.29) is 25.0 Å². The van der Waals surface area contributed by atoms with Crippen LogP contribution >= 0.6 is 0 Å². The number of hydrogen-bond acceptors (Lipinski definition) is 6. The summed E-state index contributed by atoms with van der Waals surface area (Å²) in [6.45, 7) is 1.08. The van der Waals surface area contributed by atoms with Gasteiger partial charge >= 0.3 is 0 Å². The van der Waals surface area contributed by atoms with Gasteiger partial charge in [0.1, 0.15) is 0 Å². The molecule has 0 aliphatic carbocycles. The van der Waals surface area contributed by atoms with E-state index < -0.39 is 0 Å². The Morgan fingerprint density at radius 3 is 1.38 bits per heavy atom. The predicted molar refractivity (Wildman–Crippen MR) is 121 cm³/mol. The van der Waals surface area contributed by atoms with Crippen LogP contribution in [0.2, 0.25) is 0 Å². The van der Waals surface area contributed by atoms with Crippen LogP contribution < -0.4 is 29.6 Å². The van der Waals surface area contributed by atoms with Crippen LogP contribution in [-0.2, 0) is 9.59 Å². The van der Waals surface area contributed by atoms with Crippen molar-refractivity contribution in [1.29, 1.82) is 0 Å². The summed E-state index contributed by atoms with van der Waals surface area (Å²) in [6, 6.07) is 14.4. The van der Waals surface area contributed by atoms with Crippen LogP contribution in [0.3, 0.4) is 0 Å². The predicted octanol–water partition coefficient (Wildman–Crippen LogP) is 2.95. The van der Waals surface area contributed by atoms with Crippen molar-refractivity contribution in [2.24, 2.45) is 0 Å². The number of rotatable bonds is 15. The molecule has 2 aromatic rings. The highest BCUT2D eigenvalue weighted by Gasteiger charge is 2.07. The Balaban J connectivity index is 1.46. The average molecular weight is 445 g/mol. The number of unbranched alkanes of at least 4 members (excludes halogenated alkanes) is 3. The summed E-state index contributed by atoms with van der Waals surface area (Å²) in [4.78, 5) is 23.8. The van der Waals surface area contributed by atoms with Gasteiger partial charge in [-0.25, -0.2) is 0 Å². The fourth-order valence-corrected chi connectivity index (χ4v) is 2.92. The van der Waals surface area contributed by atoms with Gasteiger partial charge in [-0.1, -0.05) is 37.1 Å². The van der Waals surface area contributed by atoms with Gasteiger partial charge in [0.25, 0.3) is 11.8 Å². The second-order valence-corrected chi connectivity index (χ2v) is 6.99. The van der Waals surface area contributed by atoms with Crippen molar-refractivity contribution in [2.45, 2.75) is 25.7 Å². The zero-order chi connectivity index (χ0) is 23.0. The maximum atomic E-state index is 11.9. The lowest BCUT2D eigenvalue weighted by Crippen LogP contribution is -2.30. The lowest BCUT2D eigenvalue weighted by Gasteiger charge is -2.11. The van der Waals surface area contributed by atoms with E-state index in [0.717, 1.165) is 25.7 Å². The Kier molecular flexibility index (Phi) is 11.3. The Hall–Kier alpha value is -3.42. The van der Waals surface area contributed by atoms with Gasteiger partial charge in [-0.05, 0) is 37.1 Å². The maximum Gasteiger partial charge on any atom is 0.257 e. The standard InChI is InChI=1S/C24H32N2O6/c1-29-19-11-5-7-13-21(19)31-17-23(27)25-15-9-3-4-10-16-26-24(28)18-32-22-14-8-6-12-20(22)30-2/h5-8,11-14H,3-4,9-10,15-18H2,1-2H3,(H,25,27)(H,26,28). The van der Waals surface area contributed by atoms with Crippen LogP contribution in [-0.4, -0.2) is 52.3 Å². The average Bonchev–Trinajstić information content (AvgIpc) is 2.83. The van der Waals surface area contributed by atoms with Crippen molar-refractivity contribution < 1.29 is 28.5 Å². The van der Waals surface area contributed by atoms with Crippen LogP contribution in [0.15, 0.2) is 48.5 Å². The van der Waals surface area contributed by atoms with Crippen LogP contribution in [0.5, 0.6) is 23.0 Å². The monoisotopic (exact) mass is 444 g/mol. The summed E-state index contributed by atoms with van der Waals surface area (Å²) >= 11 is 0. The van der Waals surface area contributed by atoms with Gasteiger partial charge in [0.05, 0.1) is 14.2 Å². The molecule has 0 atom stereocenters. The van der Waals surface area contributed by atoms with Crippen LogP contribution in [0.25, 0.3) is 0 Å². The molecule has 174 valence electrons. The fraction of sp³-hybridized carbons (Fsp3) is 0.417. The van der Waals surface area contributed by atoms with E-state index in [4.69, 9.17) is 18.9 Å². The summed E-state index contributed by atoms with van der Waals surface area (Å²) < 4.78 is 21.3. The van der Waals surface area contributed by atoms with Gasteiger partial charge in [-0.3, -0.25) is 9.59 Å². The number of para-hydroxylation sites is 4. The first kappa shape index (κ1) is 24.8. The molecule has 0 bridgehead atoms. The lowest BCUT2D eigenvalue weighted by molar-refractivity contribution is -0.123. The van der Waals surface area contributed by atoms with Gasteiger partial charge in [-0.2, -0.15) is 0 Å². The molecule has 0 heterocycles. The first-order chi connectivity index (χ1) is 15.6. The molecule has 8 heteroatoms. The van der Waals surface area contributed by atoms with Gasteiger partial charge in [0.15, 0.2) is 36.2 Å². The third-order valence-corrected chi connectivity index (χ3v) is 4.60. The molecule has 2 aromatic carbocycles. The smallest absolute Gasteiger partial charge is 0.257 e. The van der Waals surface area contributed by atoms with Crippen molar-refractivity contribution in [3.8, 4) is 23.0 Å². The number of carbonyl (C=O) groups excluding carboxylic acids is 2. The topological polar surface area (TPSA) is 95.1 Å². The SMILES string of the molecule is COc1ccccc1OCC(=O)NCCCCCCNC(=O)COc1ccccc1OC. The molecule has 0 radical (unpaired) electrons. The maximum absolute atomic E-state index is 11.9. The van der Waals surface area contributed by atoms with Gasteiger partial charge in [0, 0.05) is 13.1 Å². The normalized spacial score (nSPS) is 10.2. The van der Waals surface area contributed by atoms with Crippen molar-refractivity contribution in [3.05, 3.63) is 48.5 Å². The highest BCUT2D eigenvalue weighted by Crippen LogP contribution is 2.26. The molecule has 2 N–H and O–H groups in total. The van der Waals surface area contributed by atoms with E-state index in [0.29, 0.717) is 36.1 Å². The number of hydrogen-bond donors (Lipinski definition) is 2. The molecule has 0 saturated carbocycles. The van der Waals surface area contributed by atoms with Gasteiger partial charge in [-0.15, -0.1) is 0 Å². The molecule has 0 spiro atoms. The molecule has 0 aliphatic heterocycles. The van der Waals surface area contributed by atoms with Crippen molar-refractivity contribution in [2.75, 3.05) is 40.5 Å². The minimum atomic E-state index is -0.168. The number of amides is 2. The Labute approximate surface area is 189 Å². The van der Waals surface area contributed by atoms with E-state index >= 15 is 0 Å². The molecular formula is C24H32N2O6. The van der Waals surface area contributed by atoms with Crippen molar-refractivity contribution in [1.82, 2.24) is 10.6 Å². The second-order valence-electron chi connectivity index (χ2n) is 6.99. The molecule has 0 fully saturated rings. The summed E-state index contributed by atoms with van der Waals surface area (Å²) in [5, 5.41) is 5.68. The largest absolute Gasteiger partial charge is 0.493 e. The first-order valence-corrected chi connectivity index (χ1v) is 10.7. The van der Waals surface area contributed by atoms with Crippen LogP contribution in [0.4, 0.5) is 0 Å². The van der Waals surface area contributed by atoms with E-state index in [9.17, 15) is 9.59 Å². The third kappa shape index (κ3) is 9.16. The van der Waals surface area contributed by atoms with E-state index in [1.54, 1.807) is 38.5 Å². The van der Waals surface area contributed by atoms with Crippen molar-refractivity contribution >= 4 is 11.8 Å². The fourth-order valence-electron chi connectivity index (χ4n) is 2.92.